The van der Waals surface area contributed by atoms with Crippen LogP contribution < -0.4 is 5.73 Å². The van der Waals surface area contributed by atoms with Crippen molar-refractivity contribution in [2.24, 2.45) is 0 Å². The number of aliphatic hydroxyl groups excluding tert-OH is 2. The number of hydrogen-bond acceptors (Lipinski definition) is 11. The normalized spacial score (nSPS) is 28.5. The van der Waals surface area contributed by atoms with Crippen LogP contribution in [0.25, 0.3) is 11.2 Å². The van der Waals surface area contributed by atoms with Crippen molar-refractivity contribution in [3.8, 4) is 0 Å². The molecule has 1 fully saturated rings. The average molecular weight is 427 g/mol. The zero-order chi connectivity index (χ0) is 20.0. The smallest absolute Gasteiger partial charge is 0.387 e. The zero-order valence-corrected chi connectivity index (χ0v) is 15.0. The third-order valence-electron chi connectivity index (χ3n) is 3.61. The molecule has 17 heteroatoms. The Morgan fingerprint density at radius 2 is 1.89 bits per heavy atom. The molecule has 0 amide bonds. The first-order chi connectivity index (χ1) is 12.5. The maximum Gasteiger partial charge on any atom is 0.481 e. The van der Waals surface area contributed by atoms with Crippen LogP contribution >= 0.6 is 15.6 Å². The Bertz CT molecular complexity index is 932. The highest BCUT2D eigenvalue weighted by atomic mass is 31.3. The molecule has 27 heavy (non-hydrogen) atoms. The van der Waals surface area contributed by atoms with Gasteiger partial charge in [0.05, 0.1) is 12.9 Å². The highest BCUT2D eigenvalue weighted by molar-refractivity contribution is 7.60. The minimum atomic E-state index is -5.29. The minimum Gasteiger partial charge on any atom is -0.387 e. The summed E-state index contributed by atoms with van der Waals surface area (Å²) in [5.74, 6) is 0.0856. The first kappa shape index (κ1) is 20.2. The van der Waals surface area contributed by atoms with Crippen molar-refractivity contribution >= 4 is 32.6 Å². The predicted octanol–water partition coefficient (Wildman–Crippen LogP) is -1.75. The fourth-order valence-corrected chi connectivity index (χ4v) is 4.08. The third-order valence-corrected chi connectivity index (χ3v) is 5.76. The number of aliphatic hydroxyl groups is 2. The summed E-state index contributed by atoms with van der Waals surface area (Å²) in [7, 11) is -10.4. The molecule has 0 spiro atoms. The second-order valence-corrected chi connectivity index (χ2v) is 8.30. The topological polar surface area (TPSA) is 233 Å². The number of anilines is 1. The van der Waals surface area contributed by atoms with Gasteiger partial charge in [0.25, 0.3) is 0 Å². The summed E-state index contributed by atoms with van der Waals surface area (Å²) in [5.41, 5.74) is 6.11. The Labute approximate surface area is 150 Å². The average Bonchev–Trinajstić information content (AvgIpc) is 3.07. The van der Waals surface area contributed by atoms with Crippen molar-refractivity contribution in [1.82, 2.24) is 19.5 Å². The lowest BCUT2D eigenvalue weighted by Gasteiger charge is -2.17. The molecule has 2 aromatic heterocycles. The van der Waals surface area contributed by atoms with Gasteiger partial charge in [0, 0.05) is 0 Å². The van der Waals surface area contributed by atoms with Gasteiger partial charge in [-0.1, -0.05) is 0 Å². The molecule has 2 aromatic rings. The summed E-state index contributed by atoms with van der Waals surface area (Å²) in [4.78, 5) is 38.1. The quantitative estimate of drug-likeness (QED) is 0.281. The fraction of sp³-hybridized carbons (Fsp3) is 0.500. The van der Waals surface area contributed by atoms with E-state index >= 15 is 0 Å². The van der Waals surface area contributed by atoms with Crippen molar-refractivity contribution < 1.29 is 47.6 Å². The van der Waals surface area contributed by atoms with Gasteiger partial charge >= 0.3 is 15.6 Å². The Morgan fingerprint density at radius 1 is 1.19 bits per heavy atom. The largest absolute Gasteiger partial charge is 0.481 e. The van der Waals surface area contributed by atoms with E-state index in [0.29, 0.717) is 0 Å². The van der Waals surface area contributed by atoms with E-state index in [1.54, 1.807) is 0 Å². The molecule has 1 aliphatic rings. The van der Waals surface area contributed by atoms with E-state index in [-0.39, 0.29) is 17.0 Å². The number of rotatable bonds is 6. The lowest BCUT2D eigenvalue weighted by atomic mass is 10.1. The van der Waals surface area contributed by atoms with Crippen LogP contribution in [0.3, 0.4) is 0 Å². The van der Waals surface area contributed by atoms with E-state index in [1.165, 1.54) is 10.9 Å². The van der Waals surface area contributed by atoms with Gasteiger partial charge in [-0.3, -0.25) is 9.09 Å². The number of nitrogen functional groups attached to an aromatic ring is 1. The number of imidazole rings is 1. The highest BCUT2D eigenvalue weighted by Gasteiger charge is 2.46. The van der Waals surface area contributed by atoms with Crippen molar-refractivity contribution in [2.45, 2.75) is 24.5 Å². The number of nitrogens with two attached hydrogens (primary N) is 1. The van der Waals surface area contributed by atoms with Crippen LogP contribution in [-0.2, 0) is 22.7 Å². The lowest BCUT2D eigenvalue weighted by molar-refractivity contribution is -0.0503. The number of ether oxygens (including phenoxy) is 1. The highest BCUT2D eigenvalue weighted by Crippen LogP contribution is 2.57. The monoisotopic (exact) mass is 427 g/mol. The summed E-state index contributed by atoms with van der Waals surface area (Å²) >= 11 is 0. The maximum atomic E-state index is 11.5. The van der Waals surface area contributed by atoms with Crippen molar-refractivity contribution in [1.29, 1.82) is 0 Å². The first-order valence-electron chi connectivity index (χ1n) is 7.17. The second-order valence-electron chi connectivity index (χ2n) is 5.47. The minimum absolute atomic E-state index is 0.0856. The van der Waals surface area contributed by atoms with Crippen molar-refractivity contribution in [2.75, 3.05) is 12.3 Å². The Balaban J connectivity index is 1.75. The Morgan fingerprint density at radius 3 is 2.56 bits per heavy atom. The maximum absolute atomic E-state index is 11.5. The Kier molecular flexibility index (Phi) is 5.35. The molecular formula is C10H15N5O10P2. The fourth-order valence-electron chi connectivity index (χ4n) is 2.48. The second kappa shape index (κ2) is 7.14. The molecule has 3 heterocycles. The SMILES string of the molecule is Nc1ncnc2c1ncn2C1OC(COP(=O)(O)OP(=O)(O)O)C(O)[C@@H]1O. The summed E-state index contributed by atoms with van der Waals surface area (Å²) < 4.78 is 36.8. The number of aromatic nitrogens is 4. The summed E-state index contributed by atoms with van der Waals surface area (Å²) in [6.45, 7) is -0.813. The van der Waals surface area contributed by atoms with Crippen LogP contribution in [0.15, 0.2) is 12.7 Å². The van der Waals surface area contributed by atoms with E-state index in [0.717, 1.165) is 6.33 Å². The molecule has 0 radical (unpaired) electrons. The Hall–Kier alpha value is -1.51. The molecule has 0 bridgehead atoms. The molecular weight excluding hydrogens is 412 g/mol. The van der Waals surface area contributed by atoms with E-state index in [4.69, 9.17) is 20.3 Å². The molecule has 0 aromatic carbocycles. The molecule has 150 valence electrons. The lowest BCUT2D eigenvalue weighted by Crippen LogP contribution is -2.33. The van der Waals surface area contributed by atoms with Crippen LogP contribution in [0.1, 0.15) is 6.23 Å². The molecule has 0 aliphatic carbocycles. The third kappa shape index (κ3) is 4.33. The van der Waals surface area contributed by atoms with Crippen LogP contribution in [0.2, 0.25) is 0 Å². The molecule has 15 nitrogen and oxygen atoms in total. The zero-order valence-electron chi connectivity index (χ0n) is 13.2. The van der Waals surface area contributed by atoms with Gasteiger partial charge in [-0.2, -0.15) is 4.31 Å². The van der Waals surface area contributed by atoms with Gasteiger partial charge in [-0.15, -0.1) is 0 Å². The molecule has 7 N–H and O–H groups in total. The number of hydrogen-bond donors (Lipinski definition) is 6. The number of fused-ring (bicyclic) bond motifs is 1. The van der Waals surface area contributed by atoms with Crippen molar-refractivity contribution in [3.05, 3.63) is 12.7 Å². The summed E-state index contributed by atoms with van der Waals surface area (Å²) in [6.07, 6.45) is -3.20. The molecule has 1 aliphatic heterocycles. The standard InChI is InChI=1S/C10H15N5O10P2/c11-8-5-9(13-2-12-8)15(3-14-5)10-7(17)6(16)4(24-10)1-23-27(21,22)25-26(18,19)20/h2-4,6-7,10,16-17H,1H2,(H,21,22)(H2,11,12,13)(H2,18,19,20)/t4?,6?,7-,10?/m0/s1. The van der Waals surface area contributed by atoms with Crippen LogP contribution in [-0.4, -0.2) is 69.3 Å². The van der Waals surface area contributed by atoms with Gasteiger partial charge in [0.1, 0.15) is 30.2 Å². The predicted molar refractivity (Wildman–Crippen MR) is 84.6 cm³/mol. The van der Waals surface area contributed by atoms with E-state index in [1.807, 2.05) is 0 Å². The molecule has 1 saturated heterocycles. The van der Waals surface area contributed by atoms with Crippen LogP contribution in [0.5, 0.6) is 0 Å². The summed E-state index contributed by atoms with van der Waals surface area (Å²) in [6, 6.07) is 0. The van der Waals surface area contributed by atoms with Gasteiger partial charge < -0.3 is 35.4 Å². The number of phosphoric ester groups is 1. The van der Waals surface area contributed by atoms with Crippen LogP contribution in [0.4, 0.5) is 5.82 Å². The number of nitrogens with zero attached hydrogens (tertiary/aromatic N) is 4. The number of phosphoric acid groups is 2. The molecule has 5 atom stereocenters. The van der Waals surface area contributed by atoms with Crippen LogP contribution in [0, 0.1) is 0 Å². The van der Waals surface area contributed by atoms with Gasteiger partial charge in [-0.25, -0.2) is 24.1 Å². The van der Waals surface area contributed by atoms with E-state index < -0.39 is 46.8 Å². The molecule has 3 rings (SSSR count). The van der Waals surface area contributed by atoms with E-state index in [2.05, 4.69) is 23.8 Å². The molecule has 0 saturated carbocycles. The van der Waals surface area contributed by atoms with Gasteiger partial charge in [0.15, 0.2) is 17.7 Å². The molecule has 4 unspecified atom stereocenters. The van der Waals surface area contributed by atoms with Gasteiger partial charge in [0.2, 0.25) is 0 Å². The van der Waals surface area contributed by atoms with Gasteiger partial charge in [-0.05, 0) is 0 Å². The summed E-state index contributed by atoms with van der Waals surface area (Å²) in [5, 5.41) is 20.3. The first-order valence-corrected chi connectivity index (χ1v) is 10.2. The van der Waals surface area contributed by atoms with Crippen molar-refractivity contribution in [3.63, 3.8) is 0 Å². The van der Waals surface area contributed by atoms with E-state index in [9.17, 15) is 24.2 Å².